The minimum Gasteiger partial charge on any atom is -0.159 e. The molecule has 0 bridgehead atoms. The highest BCUT2D eigenvalue weighted by atomic mass is 32.2. The van der Waals surface area contributed by atoms with Gasteiger partial charge in [-0.2, -0.15) is 70.6 Å². The SMILES string of the molecule is c1ccc(C2=C(c3ccccc3)[Si](CCC[Si](CCCSC3CCCCCCC3)(CCCSC3CCCCCCC3)CCCSC3CCCC3)(CCC[Si](CCCSC3CCCCC3)(CCCSC3CCCCC3)CCCSC3CCCC3)C(c3ccccc3)=C2c2ccccc2)cc1. The highest BCUT2D eigenvalue weighted by molar-refractivity contribution is 8.01. The van der Waals surface area contributed by atoms with Crippen LogP contribution < -0.4 is 0 Å². The summed E-state index contributed by atoms with van der Waals surface area (Å²) in [5, 5.41) is 9.13. The van der Waals surface area contributed by atoms with Crippen molar-refractivity contribution < 1.29 is 0 Å². The fourth-order valence-electron chi connectivity index (χ4n) is 20.3. The van der Waals surface area contributed by atoms with Gasteiger partial charge in [0.2, 0.25) is 0 Å². The highest BCUT2D eigenvalue weighted by Crippen LogP contribution is 2.60. The highest BCUT2D eigenvalue weighted by Gasteiger charge is 2.51. The van der Waals surface area contributed by atoms with Crippen LogP contribution in [0.2, 0.25) is 60.4 Å². The molecule has 0 atom stereocenters. The molecular weight excluding hydrogens is 1360 g/mol. The van der Waals surface area contributed by atoms with Crippen molar-refractivity contribution in [3.8, 4) is 0 Å². The molecule has 0 saturated heterocycles. The molecule has 0 N–H and O–H groups in total. The van der Waals surface area contributed by atoms with Crippen molar-refractivity contribution in [1.82, 2.24) is 0 Å². The molecule has 6 fully saturated rings. The van der Waals surface area contributed by atoms with Gasteiger partial charge in [-0.3, -0.25) is 0 Å². The van der Waals surface area contributed by atoms with Crippen LogP contribution in [0.1, 0.15) is 279 Å². The molecule has 546 valence electrons. The molecule has 9 heteroatoms. The van der Waals surface area contributed by atoms with Crippen LogP contribution in [0.4, 0.5) is 0 Å². The molecule has 1 heterocycles. The smallest absolute Gasteiger partial charge is 0.121 e. The van der Waals surface area contributed by atoms with Gasteiger partial charge in [-0.25, -0.2) is 0 Å². The maximum Gasteiger partial charge on any atom is 0.121 e. The van der Waals surface area contributed by atoms with Gasteiger partial charge in [0.15, 0.2) is 0 Å². The van der Waals surface area contributed by atoms with Gasteiger partial charge in [0.1, 0.15) is 8.07 Å². The van der Waals surface area contributed by atoms with E-state index in [2.05, 4.69) is 192 Å². The minimum atomic E-state index is -2.66. The van der Waals surface area contributed by atoms with Crippen molar-refractivity contribution in [2.75, 3.05) is 34.5 Å². The first kappa shape index (κ1) is 79.2. The van der Waals surface area contributed by atoms with E-state index in [1.807, 2.05) is 10.4 Å². The Morgan fingerprint density at radius 1 is 0.232 bits per heavy atom. The zero-order chi connectivity index (χ0) is 67.6. The number of benzene rings is 4. The first-order valence-corrected chi connectivity index (χ1v) is 56.8. The number of hydrogen-bond donors (Lipinski definition) is 0. The predicted molar refractivity (Wildman–Crippen MR) is 467 cm³/mol. The van der Waals surface area contributed by atoms with E-state index in [0.29, 0.717) is 0 Å². The fourth-order valence-corrected chi connectivity index (χ4v) is 46.8. The van der Waals surface area contributed by atoms with E-state index in [1.54, 1.807) is 70.6 Å². The number of hydrogen-bond acceptors (Lipinski definition) is 6. The van der Waals surface area contributed by atoms with Crippen molar-refractivity contribution in [1.29, 1.82) is 0 Å². The minimum absolute atomic E-state index is 0.903. The van der Waals surface area contributed by atoms with Crippen molar-refractivity contribution in [3.63, 3.8) is 0 Å². The monoisotopic (exact) mass is 1490 g/mol. The van der Waals surface area contributed by atoms with Crippen LogP contribution in [-0.4, -0.2) is 90.2 Å². The topological polar surface area (TPSA) is 0 Å². The summed E-state index contributed by atoms with van der Waals surface area (Å²) in [6.07, 6.45) is 58.8. The standard InChI is InChI=1S/C90H138S6Si3/c1-3-21-49-81(50-22-4-1)91-61-33-67-97(71-37-65-95-85-57-29-30-58-85,68-34-62-92-82-51-23-5-2-6-24-52-82)73-39-75-99(89(79-45-17-9-18-46-79)87(77-41-13-7-14-42-77)88(78-43-15-8-16-44-78)90(99)80-47-19-10-20-48-80)76-40-74-98(72-38-66-96-86-59-31-32-60-86,69-35-63-93-83-53-25-11-26-54-83)70-36-64-94-84-55-27-12-28-56-84/h7-10,13-20,41-48,81-86H,1-6,11-12,21-40,49-76H2. The molecule has 4 aromatic rings. The van der Waals surface area contributed by atoms with E-state index in [4.69, 9.17) is 0 Å². The van der Waals surface area contributed by atoms with E-state index < -0.39 is 24.2 Å². The van der Waals surface area contributed by atoms with Crippen LogP contribution in [0.25, 0.3) is 21.5 Å². The van der Waals surface area contributed by atoms with E-state index >= 15 is 0 Å². The molecule has 0 nitrogen and oxygen atoms in total. The van der Waals surface area contributed by atoms with Crippen LogP contribution >= 0.6 is 70.6 Å². The lowest BCUT2D eigenvalue weighted by Gasteiger charge is -2.39. The third-order valence-electron chi connectivity index (χ3n) is 25.6. The van der Waals surface area contributed by atoms with E-state index in [1.165, 1.54) is 315 Å². The van der Waals surface area contributed by atoms with E-state index in [9.17, 15) is 0 Å². The van der Waals surface area contributed by atoms with E-state index in [0.717, 1.165) is 31.5 Å². The molecule has 0 spiro atoms. The van der Waals surface area contributed by atoms with Crippen molar-refractivity contribution in [3.05, 3.63) is 144 Å². The number of rotatable bonds is 42. The molecule has 6 aliphatic carbocycles. The largest absolute Gasteiger partial charge is 0.159 e. The molecule has 0 aromatic heterocycles. The zero-order valence-corrected chi connectivity index (χ0v) is 70.5. The molecule has 11 rings (SSSR count). The van der Waals surface area contributed by atoms with Crippen molar-refractivity contribution in [2.45, 2.75) is 349 Å². The molecule has 1 aliphatic heterocycles. The van der Waals surface area contributed by atoms with Gasteiger partial charge in [-0.05, 0) is 206 Å². The second kappa shape index (κ2) is 45.0. The van der Waals surface area contributed by atoms with Gasteiger partial charge in [0.25, 0.3) is 0 Å². The summed E-state index contributed by atoms with van der Waals surface area (Å²) in [6.45, 7) is 0. The molecule has 7 aliphatic rings. The van der Waals surface area contributed by atoms with E-state index in [-0.39, 0.29) is 0 Å². The molecule has 99 heavy (non-hydrogen) atoms. The van der Waals surface area contributed by atoms with Crippen LogP contribution in [0.5, 0.6) is 0 Å². The second-order valence-corrected chi connectivity index (χ2v) is 55.5. The summed E-state index contributed by atoms with van der Waals surface area (Å²) >= 11 is 14.6. The van der Waals surface area contributed by atoms with Crippen LogP contribution in [0.15, 0.2) is 121 Å². The average molecular weight is 1500 g/mol. The number of allylic oxidation sites excluding steroid dienone is 2. The summed E-state index contributed by atoms with van der Waals surface area (Å²) in [5.74, 6) is 8.49. The maximum absolute atomic E-state index is 2.66. The summed E-state index contributed by atoms with van der Waals surface area (Å²) in [7, 11) is -6.14. The van der Waals surface area contributed by atoms with Gasteiger partial charge in [-0.15, -0.1) is 0 Å². The average Bonchev–Trinajstić information content (AvgIpc) is 1.55. The Morgan fingerprint density at radius 3 is 0.667 bits per heavy atom. The summed E-state index contributed by atoms with van der Waals surface area (Å²) in [6, 6.07) is 64.4. The molecule has 0 unspecified atom stereocenters. The Labute approximate surface area is 637 Å². The Hall–Kier alpha value is -0.889. The predicted octanol–water partition coefficient (Wildman–Crippen LogP) is 29.9. The quantitative estimate of drug-likeness (QED) is 0.0318. The Balaban J connectivity index is 0.983. The number of thioether (sulfide) groups is 6. The molecule has 4 aromatic carbocycles. The zero-order valence-electron chi connectivity index (χ0n) is 62.6. The van der Waals surface area contributed by atoms with Gasteiger partial charge in [0.05, 0.1) is 16.1 Å². The van der Waals surface area contributed by atoms with Gasteiger partial charge < -0.3 is 0 Å². The molecular formula is C90H138S6Si3. The lowest BCUT2D eigenvalue weighted by Crippen LogP contribution is -2.40. The molecule has 0 amide bonds. The van der Waals surface area contributed by atoms with Crippen molar-refractivity contribution in [2.24, 2.45) is 0 Å². The van der Waals surface area contributed by atoms with Gasteiger partial charge >= 0.3 is 0 Å². The van der Waals surface area contributed by atoms with Gasteiger partial charge in [0, 0.05) is 31.5 Å². The maximum atomic E-state index is 2.61. The lowest BCUT2D eigenvalue weighted by molar-refractivity contribution is 0.513. The summed E-state index contributed by atoms with van der Waals surface area (Å²) in [4.78, 5) is 0. The lowest BCUT2D eigenvalue weighted by atomic mass is 9.89. The van der Waals surface area contributed by atoms with Crippen molar-refractivity contribution >= 4 is 116 Å². The van der Waals surface area contributed by atoms with Crippen LogP contribution in [0, 0.1) is 0 Å². The molecule has 6 saturated carbocycles. The third kappa shape index (κ3) is 25.6. The summed E-state index contributed by atoms with van der Waals surface area (Å²) < 4.78 is 0. The van der Waals surface area contributed by atoms with Crippen LogP contribution in [-0.2, 0) is 0 Å². The van der Waals surface area contributed by atoms with Gasteiger partial charge in [-0.1, -0.05) is 311 Å². The summed E-state index contributed by atoms with van der Waals surface area (Å²) in [5.41, 5.74) is 9.16. The third-order valence-corrected chi connectivity index (χ3v) is 51.1. The first-order chi connectivity index (χ1) is 49.1. The Morgan fingerprint density at radius 2 is 0.424 bits per heavy atom. The van der Waals surface area contributed by atoms with Crippen LogP contribution in [0.3, 0.4) is 0 Å². The second-order valence-electron chi connectivity index (χ2n) is 32.9. The first-order valence-electron chi connectivity index (χ1n) is 42.5. The fraction of sp³-hybridized carbons (Fsp3) is 0.689. The Kier molecular flexibility index (Phi) is 36.0. The Bertz CT molecular complexity index is 2690. The molecule has 0 radical (unpaired) electrons. The normalized spacial score (nSPS) is 20.4.